The normalized spacial score (nSPS) is 10.6. The van der Waals surface area contributed by atoms with Crippen molar-refractivity contribution in [1.82, 2.24) is 10.2 Å². The fraction of sp³-hybridized carbons (Fsp3) is 0.0370. The summed E-state index contributed by atoms with van der Waals surface area (Å²) in [6.07, 6.45) is 1.42. The third-order valence-electron chi connectivity index (χ3n) is 5.09. The second-order valence-electron chi connectivity index (χ2n) is 7.65. The summed E-state index contributed by atoms with van der Waals surface area (Å²) in [6, 6.07) is 26.2. The Morgan fingerprint density at radius 2 is 1.58 bits per heavy atom. The highest BCUT2D eigenvalue weighted by Crippen LogP contribution is 2.21. The summed E-state index contributed by atoms with van der Waals surface area (Å²) in [6.45, 7) is 0.113. The number of nitrogens with one attached hydrogen (secondary N) is 2. The topological polar surface area (TPSA) is 119 Å². The van der Waals surface area contributed by atoms with Crippen LogP contribution in [0.2, 0.25) is 0 Å². The molecule has 0 fully saturated rings. The van der Waals surface area contributed by atoms with E-state index in [2.05, 4.69) is 20.8 Å². The van der Waals surface area contributed by atoms with Crippen molar-refractivity contribution in [1.29, 1.82) is 0 Å². The largest absolute Gasteiger partial charge is 0.484 e. The molecule has 2 amide bonds. The molecule has 0 spiro atoms. The number of hydrogen-bond acceptors (Lipinski definition) is 7. The van der Waals surface area contributed by atoms with E-state index >= 15 is 0 Å². The van der Waals surface area contributed by atoms with Gasteiger partial charge in [-0.15, -0.1) is 10.2 Å². The molecule has 0 radical (unpaired) electrons. The minimum absolute atomic E-state index is 0.113. The number of aromatic nitrogens is 2. The van der Waals surface area contributed by atoms with E-state index < -0.39 is 5.91 Å². The number of nitrogens with zero attached hydrogens (tertiary/aromatic N) is 2. The molecule has 0 bridgehead atoms. The van der Waals surface area contributed by atoms with Gasteiger partial charge in [0, 0.05) is 22.5 Å². The molecule has 3 aromatic carbocycles. The second-order valence-corrected chi connectivity index (χ2v) is 7.65. The molecule has 178 valence electrons. The average Bonchev–Trinajstić information content (AvgIpc) is 3.62. The van der Waals surface area contributed by atoms with Crippen LogP contribution in [0.5, 0.6) is 5.75 Å². The molecule has 0 aliphatic carbocycles. The van der Waals surface area contributed by atoms with Crippen LogP contribution in [0, 0.1) is 0 Å². The highest BCUT2D eigenvalue weighted by atomic mass is 16.5. The maximum absolute atomic E-state index is 12.7. The fourth-order valence-corrected chi connectivity index (χ4v) is 3.33. The molecule has 2 N–H and O–H groups in total. The minimum atomic E-state index is -0.398. The highest BCUT2D eigenvalue weighted by Gasteiger charge is 2.12. The summed E-state index contributed by atoms with van der Waals surface area (Å²) in [7, 11) is 0. The van der Waals surface area contributed by atoms with Crippen molar-refractivity contribution in [2.24, 2.45) is 0 Å². The Labute approximate surface area is 205 Å². The Morgan fingerprint density at radius 3 is 2.36 bits per heavy atom. The maximum atomic E-state index is 12.7. The molecule has 5 aromatic rings. The monoisotopic (exact) mass is 480 g/mol. The number of furan rings is 1. The summed E-state index contributed by atoms with van der Waals surface area (Å²) >= 11 is 0. The van der Waals surface area contributed by atoms with Gasteiger partial charge in [-0.3, -0.25) is 9.59 Å². The molecule has 0 aliphatic rings. The van der Waals surface area contributed by atoms with E-state index in [-0.39, 0.29) is 18.3 Å². The summed E-state index contributed by atoms with van der Waals surface area (Å²) in [5, 5.41) is 13.6. The summed E-state index contributed by atoms with van der Waals surface area (Å²) in [5.74, 6) is 0.821. The van der Waals surface area contributed by atoms with E-state index in [1.54, 1.807) is 60.7 Å². The van der Waals surface area contributed by atoms with Gasteiger partial charge in [0.2, 0.25) is 5.89 Å². The van der Waals surface area contributed by atoms with Crippen molar-refractivity contribution in [3.05, 3.63) is 114 Å². The van der Waals surface area contributed by atoms with Gasteiger partial charge in [-0.25, -0.2) is 0 Å². The Morgan fingerprint density at radius 1 is 0.778 bits per heavy atom. The number of amides is 2. The van der Waals surface area contributed by atoms with Crippen LogP contribution >= 0.6 is 0 Å². The zero-order valence-corrected chi connectivity index (χ0v) is 18.9. The Hall–Kier alpha value is -5.18. The molecule has 2 aromatic heterocycles. The van der Waals surface area contributed by atoms with Crippen molar-refractivity contribution in [2.75, 3.05) is 10.6 Å². The van der Waals surface area contributed by atoms with E-state index in [0.717, 1.165) is 5.56 Å². The predicted octanol–water partition coefficient (Wildman–Crippen LogP) is 5.41. The molecule has 9 nitrogen and oxygen atoms in total. The van der Waals surface area contributed by atoms with Gasteiger partial charge < -0.3 is 24.2 Å². The SMILES string of the molecule is O=C(Nc1ccc(OCc2nnc(-c3ccccc3)o2)cc1)c1cccc(NC(=O)c2ccco2)c1. The lowest BCUT2D eigenvalue weighted by molar-refractivity contribution is 0.0993. The Bertz CT molecular complexity index is 1460. The van der Waals surface area contributed by atoms with E-state index in [1.165, 1.54) is 6.26 Å². The first-order valence-electron chi connectivity index (χ1n) is 11.0. The number of rotatable bonds is 8. The molecule has 2 heterocycles. The maximum Gasteiger partial charge on any atom is 0.291 e. The van der Waals surface area contributed by atoms with Gasteiger partial charge in [-0.1, -0.05) is 24.3 Å². The van der Waals surface area contributed by atoms with E-state index in [9.17, 15) is 9.59 Å². The van der Waals surface area contributed by atoms with Gasteiger partial charge in [-0.05, 0) is 66.7 Å². The average molecular weight is 480 g/mol. The third kappa shape index (κ3) is 5.48. The van der Waals surface area contributed by atoms with Crippen LogP contribution in [0.1, 0.15) is 26.8 Å². The molecule has 0 saturated carbocycles. The number of carbonyl (C=O) groups is 2. The molecule has 0 saturated heterocycles. The molecule has 5 rings (SSSR count). The zero-order chi connectivity index (χ0) is 24.7. The van der Waals surface area contributed by atoms with Crippen LogP contribution in [-0.2, 0) is 6.61 Å². The first-order chi connectivity index (χ1) is 17.6. The van der Waals surface area contributed by atoms with Crippen molar-refractivity contribution >= 4 is 23.2 Å². The third-order valence-corrected chi connectivity index (χ3v) is 5.09. The van der Waals surface area contributed by atoms with Gasteiger partial charge in [0.05, 0.1) is 6.26 Å². The zero-order valence-electron chi connectivity index (χ0n) is 18.9. The van der Waals surface area contributed by atoms with Crippen LogP contribution in [0.15, 0.2) is 106 Å². The van der Waals surface area contributed by atoms with Crippen LogP contribution < -0.4 is 15.4 Å². The van der Waals surface area contributed by atoms with Crippen LogP contribution in [-0.4, -0.2) is 22.0 Å². The first-order valence-corrected chi connectivity index (χ1v) is 11.0. The smallest absolute Gasteiger partial charge is 0.291 e. The lowest BCUT2D eigenvalue weighted by Gasteiger charge is -2.09. The van der Waals surface area contributed by atoms with Crippen molar-refractivity contribution < 1.29 is 23.2 Å². The Kier molecular flexibility index (Phi) is 6.53. The van der Waals surface area contributed by atoms with Crippen molar-refractivity contribution in [3.8, 4) is 17.2 Å². The van der Waals surface area contributed by atoms with Gasteiger partial charge in [-0.2, -0.15) is 0 Å². The van der Waals surface area contributed by atoms with E-state index in [0.29, 0.717) is 34.5 Å². The second kappa shape index (κ2) is 10.4. The van der Waals surface area contributed by atoms with Crippen molar-refractivity contribution in [3.63, 3.8) is 0 Å². The summed E-state index contributed by atoms with van der Waals surface area (Å²) < 4.78 is 16.4. The minimum Gasteiger partial charge on any atom is -0.484 e. The number of hydrogen-bond donors (Lipinski definition) is 2. The fourth-order valence-electron chi connectivity index (χ4n) is 3.33. The molecular formula is C27H20N4O5. The molecule has 0 atom stereocenters. The van der Waals surface area contributed by atoms with E-state index in [1.807, 2.05) is 30.3 Å². The molecular weight excluding hydrogens is 460 g/mol. The molecule has 0 aliphatic heterocycles. The van der Waals surface area contributed by atoms with Crippen LogP contribution in [0.25, 0.3) is 11.5 Å². The Balaban J connectivity index is 1.16. The quantitative estimate of drug-likeness (QED) is 0.305. The molecule has 36 heavy (non-hydrogen) atoms. The number of carbonyl (C=O) groups excluding carboxylic acids is 2. The van der Waals surface area contributed by atoms with Gasteiger partial charge in [0.1, 0.15) is 5.75 Å². The standard InChI is InChI=1S/C27H20N4O5/c32-25(19-8-4-9-21(16-19)29-26(33)23-10-5-15-34-23)28-20-11-13-22(14-12-20)35-17-24-30-31-27(36-24)18-6-2-1-3-7-18/h1-16H,17H2,(H,28,32)(H,29,33). The first kappa shape index (κ1) is 22.6. The summed E-state index contributed by atoms with van der Waals surface area (Å²) in [5.41, 5.74) is 2.28. The number of anilines is 2. The lowest BCUT2D eigenvalue weighted by Crippen LogP contribution is -2.14. The number of ether oxygens (including phenoxy) is 1. The van der Waals surface area contributed by atoms with Gasteiger partial charge in [0.15, 0.2) is 12.4 Å². The van der Waals surface area contributed by atoms with E-state index in [4.69, 9.17) is 13.6 Å². The van der Waals surface area contributed by atoms with Crippen LogP contribution in [0.4, 0.5) is 11.4 Å². The predicted molar refractivity (Wildman–Crippen MR) is 132 cm³/mol. The summed E-state index contributed by atoms with van der Waals surface area (Å²) in [4.78, 5) is 24.9. The molecule has 9 heteroatoms. The molecule has 0 unspecified atom stereocenters. The van der Waals surface area contributed by atoms with Gasteiger partial charge in [0.25, 0.3) is 17.7 Å². The van der Waals surface area contributed by atoms with Crippen LogP contribution in [0.3, 0.4) is 0 Å². The van der Waals surface area contributed by atoms with Crippen molar-refractivity contribution in [2.45, 2.75) is 6.61 Å². The lowest BCUT2D eigenvalue weighted by atomic mass is 10.1. The highest BCUT2D eigenvalue weighted by molar-refractivity contribution is 6.06. The van der Waals surface area contributed by atoms with Gasteiger partial charge >= 0.3 is 0 Å². The number of benzene rings is 3.